The summed E-state index contributed by atoms with van der Waals surface area (Å²) in [5, 5.41) is 0. The SMILES string of the molecule is CC(C)c1ccc(N2CCOCC23CC3)cn1. The molecule has 2 fully saturated rings. The van der Waals surface area contributed by atoms with Gasteiger partial charge in [-0.15, -0.1) is 0 Å². The highest BCUT2D eigenvalue weighted by molar-refractivity contribution is 5.50. The van der Waals surface area contributed by atoms with Crippen LogP contribution in [0.4, 0.5) is 5.69 Å². The van der Waals surface area contributed by atoms with Gasteiger partial charge in [0.15, 0.2) is 0 Å². The Bertz CT molecular complexity index is 395. The Hall–Kier alpha value is -1.09. The molecule has 0 unspecified atom stereocenters. The van der Waals surface area contributed by atoms with E-state index in [9.17, 15) is 0 Å². The largest absolute Gasteiger partial charge is 0.377 e. The minimum absolute atomic E-state index is 0.305. The number of rotatable bonds is 2. The molecule has 3 nitrogen and oxygen atoms in total. The first-order valence-corrected chi connectivity index (χ1v) is 6.53. The van der Waals surface area contributed by atoms with Crippen molar-refractivity contribution < 1.29 is 4.74 Å². The van der Waals surface area contributed by atoms with Crippen LogP contribution in [0.3, 0.4) is 0 Å². The van der Waals surface area contributed by atoms with Crippen molar-refractivity contribution in [1.82, 2.24) is 4.98 Å². The van der Waals surface area contributed by atoms with E-state index in [0.29, 0.717) is 11.5 Å². The molecule has 0 radical (unpaired) electrons. The fourth-order valence-electron chi connectivity index (χ4n) is 2.59. The van der Waals surface area contributed by atoms with Crippen molar-refractivity contribution in [3.63, 3.8) is 0 Å². The number of aromatic nitrogens is 1. The van der Waals surface area contributed by atoms with Crippen molar-refractivity contribution in [2.24, 2.45) is 0 Å². The lowest BCUT2D eigenvalue weighted by Crippen LogP contribution is -2.47. The van der Waals surface area contributed by atoms with Crippen molar-refractivity contribution in [2.45, 2.75) is 38.1 Å². The molecule has 92 valence electrons. The van der Waals surface area contributed by atoms with E-state index in [1.165, 1.54) is 24.2 Å². The van der Waals surface area contributed by atoms with Crippen LogP contribution in [0.5, 0.6) is 0 Å². The smallest absolute Gasteiger partial charge is 0.0699 e. The topological polar surface area (TPSA) is 25.4 Å². The number of nitrogens with zero attached hydrogens (tertiary/aromatic N) is 2. The van der Waals surface area contributed by atoms with Gasteiger partial charge in [0.05, 0.1) is 30.6 Å². The highest BCUT2D eigenvalue weighted by atomic mass is 16.5. The lowest BCUT2D eigenvalue weighted by atomic mass is 10.1. The second kappa shape index (κ2) is 3.98. The molecule has 1 aromatic heterocycles. The maximum atomic E-state index is 5.60. The fourth-order valence-corrected chi connectivity index (χ4v) is 2.59. The second-order valence-electron chi connectivity index (χ2n) is 5.52. The van der Waals surface area contributed by atoms with Gasteiger partial charge in [0, 0.05) is 12.2 Å². The molecule has 0 atom stereocenters. The maximum Gasteiger partial charge on any atom is 0.0699 e. The van der Waals surface area contributed by atoms with E-state index in [2.05, 4.69) is 35.9 Å². The Morgan fingerprint density at radius 2 is 2.18 bits per heavy atom. The first-order valence-electron chi connectivity index (χ1n) is 6.53. The van der Waals surface area contributed by atoms with Crippen LogP contribution in [0.2, 0.25) is 0 Å². The zero-order valence-corrected chi connectivity index (χ0v) is 10.6. The number of hydrogen-bond donors (Lipinski definition) is 0. The molecule has 2 heterocycles. The molecule has 3 rings (SSSR count). The third-order valence-corrected chi connectivity index (χ3v) is 3.90. The van der Waals surface area contributed by atoms with E-state index < -0.39 is 0 Å². The molecule has 0 N–H and O–H groups in total. The van der Waals surface area contributed by atoms with Crippen LogP contribution in [-0.4, -0.2) is 30.3 Å². The van der Waals surface area contributed by atoms with Gasteiger partial charge in [-0.2, -0.15) is 0 Å². The summed E-state index contributed by atoms with van der Waals surface area (Å²) < 4.78 is 5.60. The average Bonchev–Trinajstić information content (AvgIpc) is 3.10. The maximum absolute atomic E-state index is 5.60. The Morgan fingerprint density at radius 3 is 2.76 bits per heavy atom. The van der Waals surface area contributed by atoms with Crippen LogP contribution in [0.25, 0.3) is 0 Å². The third kappa shape index (κ3) is 1.93. The van der Waals surface area contributed by atoms with Gasteiger partial charge in [-0.1, -0.05) is 13.8 Å². The lowest BCUT2D eigenvalue weighted by Gasteiger charge is -2.37. The van der Waals surface area contributed by atoms with Crippen LogP contribution in [-0.2, 0) is 4.74 Å². The van der Waals surface area contributed by atoms with Crippen LogP contribution in [0.15, 0.2) is 18.3 Å². The van der Waals surface area contributed by atoms with Crippen LogP contribution < -0.4 is 4.90 Å². The summed E-state index contributed by atoms with van der Waals surface area (Å²) >= 11 is 0. The zero-order valence-electron chi connectivity index (χ0n) is 10.6. The van der Waals surface area contributed by atoms with E-state index in [0.717, 1.165) is 19.8 Å². The molecule has 1 aromatic rings. The Kier molecular flexibility index (Phi) is 2.58. The van der Waals surface area contributed by atoms with Crippen molar-refractivity contribution in [1.29, 1.82) is 0 Å². The summed E-state index contributed by atoms with van der Waals surface area (Å²) in [6.45, 7) is 7.09. The van der Waals surface area contributed by atoms with Crippen LogP contribution in [0.1, 0.15) is 38.3 Å². The predicted molar refractivity (Wildman–Crippen MR) is 68.5 cm³/mol. The van der Waals surface area contributed by atoms with E-state index in [1.54, 1.807) is 0 Å². The molecule has 0 bridgehead atoms. The molecular weight excluding hydrogens is 212 g/mol. The number of hydrogen-bond acceptors (Lipinski definition) is 3. The van der Waals surface area contributed by atoms with Gasteiger partial charge in [0.25, 0.3) is 0 Å². The summed E-state index contributed by atoms with van der Waals surface area (Å²) in [6.07, 6.45) is 4.55. The van der Waals surface area contributed by atoms with Crippen molar-refractivity contribution in [2.75, 3.05) is 24.7 Å². The van der Waals surface area contributed by atoms with Crippen molar-refractivity contribution in [3.8, 4) is 0 Å². The standard InChI is InChI=1S/C14H20N2O/c1-11(2)13-4-3-12(9-15-13)16-7-8-17-10-14(16)5-6-14/h3-4,9,11H,5-8,10H2,1-2H3. The molecule has 3 heteroatoms. The number of ether oxygens (including phenoxy) is 1. The van der Waals surface area contributed by atoms with E-state index in [-0.39, 0.29) is 0 Å². The molecule has 1 aliphatic heterocycles. The summed E-state index contributed by atoms with van der Waals surface area (Å²) in [7, 11) is 0. The quantitative estimate of drug-likeness (QED) is 0.783. The Balaban J connectivity index is 1.83. The zero-order chi connectivity index (χ0) is 11.9. The van der Waals surface area contributed by atoms with Gasteiger partial charge in [0.2, 0.25) is 0 Å². The molecule has 1 saturated heterocycles. The minimum Gasteiger partial charge on any atom is -0.377 e. The normalized spacial score (nSPS) is 22.2. The van der Waals surface area contributed by atoms with Crippen LogP contribution >= 0.6 is 0 Å². The number of pyridine rings is 1. The van der Waals surface area contributed by atoms with Gasteiger partial charge in [0.1, 0.15) is 0 Å². The molecule has 0 aromatic carbocycles. The van der Waals surface area contributed by atoms with E-state index in [4.69, 9.17) is 4.74 Å². The Morgan fingerprint density at radius 1 is 1.35 bits per heavy atom. The summed E-state index contributed by atoms with van der Waals surface area (Å²) in [4.78, 5) is 7.06. The van der Waals surface area contributed by atoms with Gasteiger partial charge in [-0.25, -0.2) is 0 Å². The van der Waals surface area contributed by atoms with Crippen molar-refractivity contribution in [3.05, 3.63) is 24.0 Å². The molecule has 2 aliphatic rings. The predicted octanol–water partition coefficient (Wildman–Crippen LogP) is 2.57. The first-order chi connectivity index (χ1) is 8.21. The molecule has 0 amide bonds. The molecule has 1 spiro atoms. The van der Waals surface area contributed by atoms with Gasteiger partial charge in [-0.3, -0.25) is 4.98 Å². The third-order valence-electron chi connectivity index (χ3n) is 3.90. The van der Waals surface area contributed by atoms with E-state index >= 15 is 0 Å². The fraction of sp³-hybridized carbons (Fsp3) is 0.643. The van der Waals surface area contributed by atoms with Crippen LogP contribution in [0, 0.1) is 0 Å². The van der Waals surface area contributed by atoms with E-state index in [1.807, 2.05) is 6.20 Å². The Labute approximate surface area is 103 Å². The van der Waals surface area contributed by atoms with Crippen molar-refractivity contribution >= 4 is 5.69 Å². The monoisotopic (exact) mass is 232 g/mol. The highest BCUT2D eigenvalue weighted by Gasteiger charge is 2.50. The summed E-state index contributed by atoms with van der Waals surface area (Å²) in [5.74, 6) is 0.503. The number of morpholine rings is 1. The van der Waals surface area contributed by atoms with Gasteiger partial charge in [-0.05, 0) is 30.9 Å². The highest BCUT2D eigenvalue weighted by Crippen LogP contribution is 2.45. The average molecular weight is 232 g/mol. The first kappa shape index (κ1) is 11.0. The second-order valence-corrected chi connectivity index (χ2v) is 5.52. The van der Waals surface area contributed by atoms with Gasteiger partial charge >= 0.3 is 0 Å². The number of anilines is 1. The molecule has 17 heavy (non-hydrogen) atoms. The van der Waals surface area contributed by atoms with Gasteiger partial charge < -0.3 is 9.64 Å². The molecule has 1 aliphatic carbocycles. The minimum atomic E-state index is 0.305. The summed E-state index contributed by atoms with van der Waals surface area (Å²) in [5.41, 5.74) is 2.74. The lowest BCUT2D eigenvalue weighted by molar-refractivity contribution is 0.0864. The molecule has 1 saturated carbocycles. The molecular formula is C14H20N2O. The summed E-state index contributed by atoms with van der Waals surface area (Å²) in [6, 6.07) is 4.37.